The smallest absolute Gasteiger partial charge is 0.338 e. The molecule has 6 heteroatoms. The van der Waals surface area contributed by atoms with Crippen LogP contribution in [0.5, 0.6) is 0 Å². The van der Waals surface area contributed by atoms with Crippen molar-refractivity contribution in [1.82, 2.24) is 9.78 Å². The number of carbonyl (C=O) groups excluding carboxylic acids is 2. The third kappa shape index (κ3) is 6.89. The number of hydrogen-bond donors (Lipinski definition) is 1. The zero-order valence-corrected chi connectivity index (χ0v) is 16.0. The van der Waals surface area contributed by atoms with Gasteiger partial charge in [0.05, 0.1) is 16.9 Å². The number of nitrogens with zero attached hydrogens (tertiary/aromatic N) is 2. The summed E-state index contributed by atoms with van der Waals surface area (Å²) in [6.07, 6.45) is 0.752. The number of ether oxygens (including phenoxy) is 1. The molecule has 0 spiro atoms. The van der Waals surface area contributed by atoms with Crippen LogP contribution >= 0.6 is 0 Å². The largest absolute Gasteiger partial charge is 0.456 e. The number of benzene rings is 1. The highest BCUT2D eigenvalue weighted by molar-refractivity contribution is 5.89. The van der Waals surface area contributed by atoms with E-state index < -0.39 is 5.60 Å². The van der Waals surface area contributed by atoms with E-state index in [0.717, 1.165) is 24.8 Å². The van der Waals surface area contributed by atoms with E-state index in [0.29, 0.717) is 11.3 Å². The highest BCUT2D eigenvalue weighted by Gasteiger charge is 2.18. The van der Waals surface area contributed by atoms with Gasteiger partial charge in [-0.1, -0.05) is 13.8 Å². The molecule has 0 fully saturated rings. The van der Waals surface area contributed by atoms with Crippen LogP contribution in [0.3, 0.4) is 0 Å². The molecule has 0 bridgehead atoms. The van der Waals surface area contributed by atoms with E-state index in [-0.39, 0.29) is 5.97 Å². The number of carbonyl (C=O) groups is 2. The Morgan fingerprint density at radius 3 is 2.12 bits per heavy atom. The van der Waals surface area contributed by atoms with E-state index >= 15 is 0 Å². The standard InChI is InChI=1S/C16H18N2O3.C2H6.CH4O/c1-11-9-14(10-19)18(17-11)13-7-5-12(6-8-13)15(20)21-16(2,3)4;2*1-2/h5-10H,1-4H3;1-2H3;2H,1H3. The molecule has 1 aromatic heterocycles. The molecule has 6 nitrogen and oxygen atoms in total. The molecule has 2 rings (SSSR count). The molecule has 1 heterocycles. The summed E-state index contributed by atoms with van der Waals surface area (Å²) in [5, 5.41) is 11.3. The van der Waals surface area contributed by atoms with Gasteiger partial charge in [-0.25, -0.2) is 9.48 Å². The maximum absolute atomic E-state index is 11.9. The first-order chi connectivity index (χ1) is 11.8. The Labute approximate surface area is 149 Å². The number of rotatable bonds is 3. The van der Waals surface area contributed by atoms with Crippen LogP contribution in [0.25, 0.3) is 5.69 Å². The van der Waals surface area contributed by atoms with Crippen molar-refractivity contribution in [2.45, 2.75) is 47.1 Å². The topological polar surface area (TPSA) is 81.4 Å². The van der Waals surface area contributed by atoms with Gasteiger partial charge in [-0.2, -0.15) is 5.10 Å². The van der Waals surface area contributed by atoms with E-state index in [1.54, 1.807) is 35.0 Å². The van der Waals surface area contributed by atoms with Crippen molar-refractivity contribution in [3.8, 4) is 5.69 Å². The number of aryl methyl sites for hydroxylation is 1. The number of esters is 1. The van der Waals surface area contributed by atoms with Crippen molar-refractivity contribution in [2.75, 3.05) is 7.11 Å². The van der Waals surface area contributed by atoms with Gasteiger partial charge in [0.1, 0.15) is 11.3 Å². The van der Waals surface area contributed by atoms with E-state index in [4.69, 9.17) is 9.84 Å². The molecule has 0 unspecified atom stereocenters. The average Bonchev–Trinajstić information content (AvgIpc) is 2.98. The van der Waals surface area contributed by atoms with Gasteiger partial charge in [0, 0.05) is 7.11 Å². The van der Waals surface area contributed by atoms with Gasteiger partial charge in [-0.15, -0.1) is 0 Å². The first-order valence-corrected chi connectivity index (χ1v) is 8.10. The lowest BCUT2D eigenvalue weighted by atomic mass is 10.1. The molecule has 25 heavy (non-hydrogen) atoms. The molecule has 138 valence electrons. The number of hydrogen-bond acceptors (Lipinski definition) is 5. The third-order valence-corrected chi connectivity index (χ3v) is 2.73. The lowest BCUT2D eigenvalue weighted by Gasteiger charge is -2.19. The van der Waals surface area contributed by atoms with E-state index in [2.05, 4.69) is 5.10 Å². The van der Waals surface area contributed by atoms with Crippen molar-refractivity contribution >= 4 is 12.3 Å². The van der Waals surface area contributed by atoms with Crippen LogP contribution in [0.15, 0.2) is 30.3 Å². The lowest BCUT2D eigenvalue weighted by molar-refractivity contribution is 0.00694. The van der Waals surface area contributed by atoms with Crippen LogP contribution in [0.4, 0.5) is 0 Å². The van der Waals surface area contributed by atoms with Gasteiger partial charge < -0.3 is 9.84 Å². The predicted molar refractivity (Wildman–Crippen MR) is 98.3 cm³/mol. The second-order valence-electron chi connectivity index (χ2n) is 5.79. The van der Waals surface area contributed by atoms with Crippen LogP contribution in [0.2, 0.25) is 0 Å². The second kappa shape index (κ2) is 10.4. The molecule has 0 amide bonds. The van der Waals surface area contributed by atoms with Gasteiger partial charge in [-0.3, -0.25) is 4.79 Å². The number of aliphatic hydroxyl groups is 1. The summed E-state index contributed by atoms with van der Waals surface area (Å²) in [4.78, 5) is 22.9. The van der Waals surface area contributed by atoms with E-state index in [1.165, 1.54) is 0 Å². The summed E-state index contributed by atoms with van der Waals surface area (Å²) in [5.74, 6) is -0.374. The fourth-order valence-electron chi connectivity index (χ4n) is 1.89. The normalized spacial score (nSPS) is 9.92. The first kappa shape index (κ1) is 22.5. The van der Waals surface area contributed by atoms with Crippen LogP contribution in [-0.4, -0.2) is 39.9 Å². The van der Waals surface area contributed by atoms with Gasteiger partial charge in [0.25, 0.3) is 0 Å². The molecule has 1 aromatic carbocycles. The van der Waals surface area contributed by atoms with Gasteiger partial charge >= 0.3 is 5.97 Å². The number of aliphatic hydroxyl groups excluding tert-OH is 1. The molecule has 0 aliphatic carbocycles. The summed E-state index contributed by atoms with van der Waals surface area (Å²) >= 11 is 0. The molecule has 0 saturated heterocycles. The zero-order valence-electron chi connectivity index (χ0n) is 16.0. The van der Waals surface area contributed by atoms with Crippen molar-refractivity contribution in [2.24, 2.45) is 0 Å². The van der Waals surface area contributed by atoms with Crippen LogP contribution in [0.1, 0.15) is 61.2 Å². The molecule has 1 N–H and O–H groups in total. The Hall–Kier alpha value is -2.47. The van der Waals surface area contributed by atoms with Crippen molar-refractivity contribution < 1.29 is 19.4 Å². The molecule has 0 saturated carbocycles. The summed E-state index contributed by atoms with van der Waals surface area (Å²) in [6.45, 7) is 11.3. The van der Waals surface area contributed by atoms with E-state index in [9.17, 15) is 9.59 Å². The fourth-order valence-corrected chi connectivity index (χ4v) is 1.89. The summed E-state index contributed by atoms with van der Waals surface area (Å²) in [5.41, 5.74) is 1.88. The Morgan fingerprint density at radius 2 is 1.68 bits per heavy atom. The Balaban J connectivity index is 0.00000134. The Bertz CT molecular complexity index is 668. The second-order valence-corrected chi connectivity index (χ2v) is 5.79. The summed E-state index contributed by atoms with van der Waals surface area (Å²) < 4.78 is 6.84. The summed E-state index contributed by atoms with van der Waals surface area (Å²) in [7, 11) is 1.00. The first-order valence-electron chi connectivity index (χ1n) is 8.10. The zero-order chi connectivity index (χ0) is 19.6. The fraction of sp³-hybridized carbons (Fsp3) is 0.421. The molecular formula is C19H28N2O4. The molecule has 2 aromatic rings. The van der Waals surface area contributed by atoms with Gasteiger partial charge in [-0.05, 0) is 58.0 Å². The van der Waals surface area contributed by atoms with Gasteiger partial charge in [0.15, 0.2) is 6.29 Å². The van der Waals surface area contributed by atoms with Crippen LogP contribution < -0.4 is 0 Å². The minimum atomic E-state index is -0.528. The molecular weight excluding hydrogens is 320 g/mol. The highest BCUT2D eigenvalue weighted by atomic mass is 16.6. The lowest BCUT2D eigenvalue weighted by Crippen LogP contribution is -2.23. The van der Waals surface area contributed by atoms with Crippen molar-refractivity contribution in [1.29, 1.82) is 0 Å². The minimum Gasteiger partial charge on any atom is -0.456 e. The highest BCUT2D eigenvalue weighted by Crippen LogP contribution is 2.16. The molecule has 0 radical (unpaired) electrons. The van der Waals surface area contributed by atoms with Crippen molar-refractivity contribution in [3.63, 3.8) is 0 Å². The quantitative estimate of drug-likeness (QED) is 0.677. The van der Waals surface area contributed by atoms with E-state index in [1.807, 2.05) is 41.5 Å². The molecule has 0 atom stereocenters. The van der Waals surface area contributed by atoms with Crippen LogP contribution in [-0.2, 0) is 4.74 Å². The minimum absolute atomic E-state index is 0.374. The molecule has 0 aliphatic rings. The monoisotopic (exact) mass is 348 g/mol. The maximum Gasteiger partial charge on any atom is 0.338 e. The third-order valence-electron chi connectivity index (χ3n) is 2.73. The van der Waals surface area contributed by atoms with Crippen LogP contribution in [0, 0.1) is 6.92 Å². The van der Waals surface area contributed by atoms with Gasteiger partial charge in [0.2, 0.25) is 0 Å². The Kier molecular flexibility index (Phi) is 9.38. The maximum atomic E-state index is 11.9. The summed E-state index contributed by atoms with van der Waals surface area (Å²) in [6, 6.07) is 8.50. The number of aldehydes is 1. The molecule has 0 aliphatic heterocycles. The predicted octanol–water partition coefficient (Wildman–Crippen LogP) is 3.58. The SMILES string of the molecule is CC.CO.Cc1cc(C=O)n(-c2ccc(C(=O)OC(C)(C)C)cc2)n1. The number of aromatic nitrogens is 2. The Morgan fingerprint density at radius 1 is 1.16 bits per heavy atom. The average molecular weight is 348 g/mol. The van der Waals surface area contributed by atoms with Crippen molar-refractivity contribution in [3.05, 3.63) is 47.3 Å².